The number of ether oxygens (including phenoxy) is 1. The van der Waals surface area contributed by atoms with E-state index >= 15 is 0 Å². The maximum absolute atomic E-state index is 12.7. The fraction of sp³-hybridized carbons (Fsp3) is 0.545. The zero-order valence-electron chi connectivity index (χ0n) is 18.1. The second-order valence-corrected chi connectivity index (χ2v) is 7.68. The lowest BCUT2D eigenvalue weighted by Gasteiger charge is -2.27. The van der Waals surface area contributed by atoms with Gasteiger partial charge in [-0.2, -0.15) is 0 Å². The largest absolute Gasteiger partial charge is 0.497 e. The van der Waals surface area contributed by atoms with Crippen LogP contribution in [0.15, 0.2) is 29.1 Å². The molecule has 1 heterocycles. The van der Waals surface area contributed by atoms with E-state index in [-0.39, 0.29) is 5.56 Å². The average molecular weight is 420 g/mol. The molecule has 1 aromatic heterocycles. The van der Waals surface area contributed by atoms with Crippen molar-refractivity contribution in [2.24, 2.45) is 0 Å². The lowest BCUT2D eigenvalue weighted by atomic mass is 10.1. The number of benzene rings is 1. The summed E-state index contributed by atoms with van der Waals surface area (Å²) in [6.45, 7) is 11.9. The number of nitrogens with one attached hydrogen (secondary N) is 3. The number of likely N-dealkylation sites (N-methyl/N-ethyl adjacent to an activating group) is 1. The highest BCUT2D eigenvalue weighted by molar-refractivity contribution is 7.80. The standard InChI is InChI=1S/C22H34N4O2S/c1-5-8-11-23-22(29)26(13-12-25(6-2)7-3)16-18-14-17-15-19(28-4)9-10-20(17)24-21(18)27/h9-10,14-15H,5-8,11-13,16H2,1-4H3,(H,23,29)(H,24,27)/p+1. The van der Waals surface area contributed by atoms with E-state index in [2.05, 4.69) is 36.0 Å². The lowest BCUT2D eigenvalue weighted by molar-refractivity contribution is -0.895. The second kappa shape index (κ2) is 11.8. The van der Waals surface area contributed by atoms with E-state index in [1.807, 2.05) is 24.3 Å². The highest BCUT2D eigenvalue weighted by atomic mass is 32.1. The maximum Gasteiger partial charge on any atom is 0.253 e. The molecule has 29 heavy (non-hydrogen) atoms. The fourth-order valence-corrected chi connectivity index (χ4v) is 3.57. The third kappa shape index (κ3) is 6.72. The van der Waals surface area contributed by atoms with E-state index in [0.29, 0.717) is 12.1 Å². The van der Waals surface area contributed by atoms with Gasteiger partial charge in [0.2, 0.25) is 0 Å². The van der Waals surface area contributed by atoms with Gasteiger partial charge in [-0.05, 0) is 56.8 Å². The molecular formula is C22H35N4O2S+. The Hall–Kier alpha value is -2.12. The number of aromatic amines is 1. The Morgan fingerprint density at radius 3 is 2.66 bits per heavy atom. The highest BCUT2D eigenvalue weighted by Gasteiger charge is 2.15. The Labute approximate surface area is 179 Å². The molecule has 0 aliphatic heterocycles. The van der Waals surface area contributed by atoms with Gasteiger partial charge in [0.1, 0.15) is 5.75 Å². The molecule has 6 nitrogen and oxygen atoms in total. The van der Waals surface area contributed by atoms with E-state index in [0.717, 1.165) is 67.3 Å². The first-order valence-corrected chi connectivity index (χ1v) is 11.0. The van der Waals surface area contributed by atoms with Crippen molar-refractivity contribution in [3.8, 4) is 5.75 Å². The van der Waals surface area contributed by atoms with Crippen LogP contribution in [0.3, 0.4) is 0 Å². The molecule has 0 aliphatic rings. The van der Waals surface area contributed by atoms with Gasteiger partial charge < -0.3 is 24.8 Å². The Balaban J connectivity index is 2.24. The molecule has 2 rings (SSSR count). The monoisotopic (exact) mass is 419 g/mol. The number of nitrogens with zero attached hydrogens (tertiary/aromatic N) is 1. The predicted octanol–water partition coefficient (Wildman–Crippen LogP) is 1.94. The average Bonchev–Trinajstić information content (AvgIpc) is 2.73. The number of thiocarbonyl (C=S) groups is 1. The van der Waals surface area contributed by atoms with Gasteiger partial charge in [-0.15, -0.1) is 0 Å². The van der Waals surface area contributed by atoms with Gasteiger partial charge in [-0.3, -0.25) is 4.79 Å². The van der Waals surface area contributed by atoms with Gasteiger partial charge in [0.05, 0.1) is 39.8 Å². The van der Waals surface area contributed by atoms with Crippen molar-refractivity contribution in [2.75, 3.05) is 39.8 Å². The normalized spacial score (nSPS) is 11.1. The third-order valence-electron chi connectivity index (χ3n) is 5.32. The zero-order valence-corrected chi connectivity index (χ0v) is 19.0. The smallest absolute Gasteiger partial charge is 0.253 e. The topological polar surface area (TPSA) is 61.8 Å². The van der Waals surface area contributed by atoms with Gasteiger partial charge in [-0.25, -0.2) is 0 Å². The van der Waals surface area contributed by atoms with Crippen molar-refractivity contribution in [2.45, 2.75) is 40.2 Å². The first-order valence-electron chi connectivity index (χ1n) is 10.6. The molecule has 0 bridgehead atoms. The number of rotatable bonds is 11. The van der Waals surface area contributed by atoms with Crippen LogP contribution >= 0.6 is 12.2 Å². The van der Waals surface area contributed by atoms with E-state index < -0.39 is 0 Å². The number of hydrogen-bond acceptors (Lipinski definition) is 3. The molecule has 0 saturated heterocycles. The summed E-state index contributed by atoms with van der Waals surface area (Å²) >= 11 is 5.66. The molecule has 7 heteroatoms. The van der Waals surface area contributed by atoms with Crippen LogP contribution in [-0.2, 0) is 6.54 Å². The van der Waals surface area contributed by atoms with E-state index in [4.69, 9.17) is 17.0 Å². The molecule has 0 radical (unpaired) electrons. The molecule has 0 unspecified atom stereocenters. The van der Waals surface area contributed by atoms with Crippen LogP contribution in [-0.4, -0.2) is 54.8 Å². The lowest BCUT2D eigenvalue weighted by Crippen LogP contribution is -3.12. The minimum Gasteiger partial charge on any atom is -0.497 e. The summed E-state index contributed by atoms with van der Waals surface area (Å²) in [4.78, 5) is 19.3. The molecule has 0 atom stereocenters. The van der Waals surface area contributed by atoms with Crippen LogP contribution in [0.25, 0.3) is 10.9 Å². The van der Waals surface area contributed by atoms with Gasteiger partial charge >= 0.3 is 0 Å². The van der Waals surface area contributed by atoms with Crippen molar-refractivity contribution in [3.63, 3.8) is 0 Å². The highest BCUT2D eigenvalue weighted by Crippen LogP contribution is 2.19. The summed E-state index contributed by atoms with van der Waals surface area (Å²) in [7, 11) is 1.64. The molecule has 3 N–H and O–H groups in total. The van der Waals surface area contributed by atoms with Crippen molar-refractivity contribution in [3.05, 3.63) is 40.2 Å². The number of quaternary nitrogens is 1. The van der Waals surface area contributed by atoms with Gasteiger partial charge in [0.25, 0.3) is 5.56 Å². The van der Waals surface area contributed by atoms with Crippen LogP contribution in [0.2, 0.25) is 0 Å². The first-order chi connectivity index (χ1) is 14.0. The Morgan fingerprint density at radius 2 is 2.00 bits per heavy atom. The summed E-state index contributed by atoms with van der Waals surface area (Å²) in [5.74, 6) is 0.772. The summed E-state index contributed by atoms with van der Waals surface area (Å²) in [6.07, 6.45) is 2.19. The van der Waals surface area contributed by atoms with E-state index in [1.54, 1.807) is 7.11 Å². The SMILES string of the molecule is CCCCNC(=S)N(CC[NH+](CC)CC)Cc1cc2cc(OC)ccc2[nH]c1=O. The zero-order chi connectivity index (χ0) is 21.2. The predicted molar refractivity (Wildman–Crippen MR) is 124 cm³/mol. The fourth-order valence-electron chi connectivity index (χ4n) is 3.31. The minimum atomic E-state index is -0.0702. The molecule has 1 aromatic carbocycles. The van der Waals surface area contributed by atoms with Crippen LogP contribution < -0.4 is 20.5 Å². The van der Waals surface area contributed by atoms with Crippen LogP contribution in [0.1, 0.15) is 39.2 Å². The first kappa shape index (κ1) is 23.2. The minimum absolute atomic E-state index is 0.0702. The molecular weight excluding hydrogens is 384 g/mol. The Morgan fingerprint density at radius 1 is 1.24 bits per heavy atom. The van der Waals surface area contributed by atoms with Gasteiger partial charge in [0, 0.05) is 23.0 Å². The molecule has 0 aliphatic carbocycles. The molecule has 0 fully saturated rings. The number of pyridine rings is 1. The van der Waals surface area contributed by atoms with Crippen LogP contribution in [0.5, 0.6) is 5.75 Å². The number of hydrogen-bond donors (Lipinski definition) is 3. The summed E-state index contributed by atoms with van der Waals surface area (Å²) in [5.41, 5.74) is 1.45. The Bertz CT molecular complexity index is 848. The second-order valence-electron chi connectivity index (χ2n) is 7.29. The summed E-state index contributed by atoms with van der Waals surface area (Å²) in [6, 6.07) is 7.61. The van der Waals surface area contributed by atoms with Crippen LogP contribution in [0.4, 0.5) is 0 Å². The molecule has 0 spiro atoms. The van der Waals surface area contributed by atoms with E-state index in [9.17, 15) is 4.79 Å². The molecule has 160 valence electrons. The molecule has 0 saturated carbocycles. The summed E-state index contributed by atoms with van der Waals surface area (Å²) < 4.78 is 5.32. The van der Waals surface area contributed by atoms with Crippen LogP contribution in [0, 0.1) is 0 Å². The number of unbranched alkanes of at least 4 members (excludes halogenated alkanes) is 1. The number of methoxy groups -OCH3 is 1. The van der Waals surface area contributed by atoms with E-state index in [1.165, 1.54) is 4.90 Å². The van der Waals surface area contributed by atoms with Gasteiger partial charge in [-0.1, -0.05) is 13.3 Å². The molecule has 2 aromatic rings. The Kier molecular flexibility index (Phi) is 9.41. The number of H-pyrrole nitrogens is 1. The number of fused-ring (bicyclic) bond motifs is 1. The quantitative estimate of drug-likeness (QED) is 0.384. The molecule has 0 amide bonds. The maximum atomic E-state index is 12.7. The van der Waals surface area contributed by atoms with Crippen molar-refractivity contribution in [1.29, 1.82) is 0 Å². The summed E-state index contributed by atoms with van der Waals surface area (Å²) in [5, 5.41) is 5.03. The van der Waals surface area contributed by atoms with Gasteiger partial charge in [0.15, 0.2) is 5.11 Å². The van der Waals surface area contributed by atoms with Crippen molar-refractivity contribution >= 4 is 28.2 Å². The van der Waals surface area contributed by atoms with Crippen molar-refractivity contribution in [1.82, 2.24) is 15.2 Å². The number of aromatic nitrogens is 1. The third-order valence-corrected chi connectivity index (χ3v) is 5.72. The van der Waals surface area contributed by atoms with Crippen molar-refractivity contribution < 1.29 is 9.64 Å².